The number of carbonyl (C=O) groups is 1. The van der Waals surface area contributed by atoms with Gasteiger partial charge in [-0.3, -0.25) is 9.10 Å². The number of carbonyl (C=O) groups excluding carboxylic acids is 1. The van der Waals surface area contributed by atoms with Gasteiger partial charge in [-0.2, -0.15) is 0 Å². The van der Waals surface area contributed by atoms with Gasteiger partial charge in [0.15, 0.2) is 0 Å². The van der Waals surface area contributed by atoms with Gasteiger partial charge in [0.25, 0.3) is 0 Å². The number of nitrogens with zero attached hydrogens (tertiary/aromatic N) is 1. The first-order chi connectivity index (χ1) is 12.7. The highest BCUT2D eigenvalue weighted by Gasteiger charge is 2.32. The summed E-state index contributed by atoms with van der Waals surface area (Å²) in [6, 6.07) is 10.3. The van der Waals surface area contributed by atoms with Crippen LogP contribution in [0.4, 0.5) is 11.4 Å². The Hall–Kier alpha value is -2.45. The summed E-state index contributed by atoms with van der Waals surface area (Å²) in [5.41, 5.74) is 0.586. The van der Waals surface area contributed by atoms with Crippen LogP contribution in [0.5, 0.6) is 11.5 Å². The Balaban J connectivity index is 2.45. The van der Waals surface area contributed by atoms with E-state index in [2.05, 4.69) is 5.32 Å². The molecule has 7 nitrogen and oxygen atoms in total. The molecule has 0 unspecified atom stereocenters. The van der Waals surface area contributed by atoms with Gasteiger partial charge in [0.1, 0.15) is 17.5 Å². The fraction of sp³-hybridized carbons (Fsp3) is 0.278. The third-order valence-corrected chi connectivity index (χ3v) is 5.40. The number of halogens is 1. The Morgan fingerprint density at radius 3 is 2.37 bits per heavy atom. The zero-order chi connectivity index (χ0) is 20.2. The van der Waals surface area contributed by atoms with Gasteiger partial charge >= 0.3 is 0 Å². The molecular weight excluding hydrogens is 392 g/mol. The third-order valence-electron chi connectivity index (χ3n) is 3.84. The highest BCUT2D eigenvalue weighted by atomic mass is 35.5. The van der Waals surface area contributed by atoms with E-state index in [1.165, 1.54) is 27.2 Å². The number of sulfonamides is 1. The van der Waals surface area contributed by atoms with Gasteiger partial charge in [-0.05, 0) is 31.2 Å². The fourth-order valence-corrected chi connectivity index (χ4v) is 3.90. The molecule has 1 amide bonds. The lowest BCUT2D eigenvalue weighted by Gasteiger charge is -2.29. The Labute approximate surface area is 163 Å². The minimum absolute atomic E-state index is 0.196. The van der Waals surface area contributed by atoms with Gasteiger partial charge in [0.05, 0.1) is 36.9 Å². The number of hydrogen-bond donors (Lipinski definition) is 1. The average Bonchev–Trinajstić information content (AvgIpc) is 2.62. The maximum Gasteiger partial charge on any atom is 0.248 e. The van der Waals surface area contributed by atoms with Crippen LogP contribution in [0.15, 0.2) is 42.5 Å². The molecular formula is C18H21ClN2O5S. The second-order valence-electron chi connectivity index (χ2n) is 5.74. The Morgan fingerprint density at radius 2 is 1.81 bits per heavy atom. The lowest BCUT2D eigenvalue weighted by atomic mass is 10.2. The fourth-order valence-electron chi connectivity index (χ4n) is 2.55. The number of anilines is 2. The van der Waals surface area contributed by atoms with Crippen LogP contribution in [0.2, 0.25) is 5.02 Å². The Bertz CT molecular complexity index is 933. The molecule has 0 bridgehead atoms. The second-order valence-corrected chi connectivity index (χ2v) is 8.01. The van der Waals surface area contributed by atoms with Gasteiger partial charge in [-0.25, -0.2) is 8.42 Å². The van der Waals surface area contributed by atoms with Crippen molar-refractivity contribution in [1.82, 2.24) is 0 Å². The second kappa shape index (κ2) is 8.49. The van der Waals surface area contributed by atoms with Crippen molar-refractivity contribution in [3.63, 3.8) is 0 Å². The number of rotatable bonds is 7. The van der Waals surface area contributed by atoms with Gasteiger partial charge in [0.2, 0.25) is 15.9 Å². The minimum atomic E-state index is -3.82. The zero-order valence-electron chi connectivity index (χ0n) is 15.4. The van der Waals surface area contributed by atoms with Crippen LogP contribution in [-0.2, 0) is 14.8 Å². The quantitative estimate of drug-likeness (QED) is 0.755. The summed E-state index contributed by atoms with van der Waals surface area (Å²) < 4.78 is 36.4. The summed E-state index contributed by atoms with van der Waals surface area (Å²) in [4.78, 5) is 12.7. The first-order valence-electron chi connectivity index (χ1n) is 7.96. The topological polar surface area (TPSA) is 84.9 Å². The zero-order valence-corrected chi connectivity index (χ0v) is 17.0. The molecule has 0 heterocycles. The molecule has 9 heteroatoms. The molecule has 0 saturated heterocycles. The Morgan fingerprint density at radius 1 is 1.15 bits per heavy atom. The van der Waals surface area contributed by atoms with E-state index < -0.39 is 22.0 Å². The summed E-state index contributed by atoms with van der Waals surface area (Å²) in [5, 5.41) is 3.00. The van der Waals surface area contributed by atoms with E-state index in [1.54, 1.807) is 36.4 Å². The first kappa shape index (κ1) is 20.9. The number of amides is 1. The van der Waals surface area contributed by atoms with E-state index in [9.17, 15) is 13.2 Å². The smallest absolute Gasteiger partial charge is 0.248 e. The van der Waals surface area contributed by atoms with E-state index in [-0.39, 0.29) is 5.69 Å². The van der Waals surface area contributed by atoms with Crippen molar-refractivity contribution in [2.75, 3.05) is 30.1 Å². The van der Waals surface area contributed by atoms with E-state index >= 15 is 0 Å². The third kappa shape index (κ3) is 4.84. The van der Waals surface area contributed by atoms with Crippen molar-refractivity contribution in [2.24, 2.45) is 0 Å². The van der Waals surface area contributed by atoms with E-state index in [4.69, 9.17) is 21.1 Å². The normalized spacial score (nSPS) is 12.2. The molecule has 0 spiro atoms. The molecule has 0 aromatic heterocycles. The average molecular weight is 413 g/mol. The predicted octanol–water partition coefficient (Wildman–Crippen LogP) is 3.15. The summed E-state index contributed by atoms with van der Waals surface area (Å²) in [7, 11) is -0.939. The van der Waals surface area contributed by atoms with Crippen LogP contribution in [0.25, 0.3) is 0 Å². The summed E-state index contributed by atoms with van der Waals surface area (Å²) in [6.45, 7) is 1.48. The van der Waals surface area contributed by atoms with Crippen LogP contribution in [0.1, 0.15) is 6.92 Å². The van der Waals surface area contributed by atoms with Crippen LogP contribution >= 0.6 is 11.6 Å². The van der Waals surface area contributed by atoms with Gasteiger partial charge in [0, 0.05) is 6.07 Å². The molecule has 0 saturated carbocycles. The SMILES string of the molecule is COc1ccc(OC)c(N([C@H](C)C(=O)Nc2ccccc2Cl)S(C)(=O)=O)c1. The Kier molecular flexibility index (Phi) is 6.56. The molecule has 0 fully saturated rings. The van der Waals surface area contributed by atoms with Crippen molar-refractivity contribution >= 4 is 38.9 Å². The lowest BCUT2D eigenvalue weighted by molar-refractivity contribution is -0.116. The van der Waals surface area contributed by atoms with Crippen LogP contribution in [-0.4, -0.2) is 40.8 Å². The number of ether oxygens (including phenoxy) is 2. The number of nitrogens with one attached hydrogen (secondary N) is 1. The maximum atomic E-state index is 12.7. The molecule has 0 aliphatic rings. The van der Waals surface area contributed by atoms with E-state index in [0.29, 0.717) is 22.2 Å². The minimum Gasteiger partial charge on any atom is -0.497 e. The van der Waals surface area contributed by atoms with Crippen molar-refractivity contribution in [2.45, 2.75) is 13.0 Å². The number of hydrogen-bond acceptors (Lipinski definition) is 5. The molecule has 2 aromatic rings. The largest absolute Gasteiger partial charge is 0.497 e. The molecule has 2 rings (SSSR count). The molecule has 0 aliphatic heterocycles. The van der Waals surface area contributed by atoms with Crippen molar-refractivity contribution in [1.29, 1.82) is 0 Å². The molecule has 0 aliphatic carbocycles. The molecule has 146 valence electrons. The monoisotopic (exact) mass is 412 g/mol. The lowest BCUT2D eigenvalue weighted by Crippen LogP contribution is -2.45. The predicted molar refractivity (Wildman–Crippen MR) is 106 cm³/mol. The molecule has 1 atom stereocenters. The number of methoxy groups -OCH3 is 2. The van der Waals surface area contributed by atoms with Crippen LogP contribution in [0, 0.1) is 0 Å². The van der Waals surface area contributed by atoms with E-state index in [1.807, 2.05) is 0 Å². The molecule has 0 radical (unpaired) electrons. The van der Waals surface area contributed by atoms with Crippen molar-refractivity contribution < 1.29 is 22.7 Å². The van der Waals surface area contributed by atoms with Gasteiger partial charge in [-0.1, -0.05) is 23.7 Å². The molecule has 1 N–H and O–H groups in total. The van der Waals surface area contributed by atoms with Gasteiger partial charge in [-0.15, -0.1) is 0 Å². The summed E-state index contributed by atoms with van der Waals surface area (Å²) in [5.74, 6) is 0.176. The highest BCUT2D eigenvalue weighted by Crippen LogP contribution is 2.35. The van der Waals surface area contributed by atoms with Crippen molar-refractivity contribution in [3.05, 3.63) is 47.5 Å². The van der Waals surface area contributed by atoms with Crippen molar-refractivity contribution in [3.8, 4) is 11.5 Å². The van der Waals surface area contributed by atoms with Crippen LogP contribution < -0.4 is 19.1 Å². The maximum absolute atomic E-state index is 12.7. The van der Waals surface area contributed by atoms with Crippen LogP contribution in [0.3, 0.4) is 0 Å². The first-order valence-corrected chi connectivity index (χ1v) is 10.2. The van der Waals surface area contributed by atoms with E-state index in [0.717, 1.165) is 10.6 Å². The highest BCUT2D eigenvalue weighted by molar-refractivity contribution is 7.92. The summed E-state index contributed by atoms with van der Waals surface area (Å²) in [6.07, 6.45) is 1.02. The number of benzene rings is 2. The molecule has 27 heavy (non-hydrogen) atoms. The summed E-state index contributed by atoms with van der Waals surface area (Å²) >= 11 is 6.06. The molecule has 2 aromatic carbocycles. The van der Waals surface area contributed by atoms with Gasteiger partial charge < -0.3 is 14.8 Å². The standard InChI is InChI=1S/C18H21ClN2O5S/c1-12(18(22)20-15-8-6-5-7-14(15)19)21(27(4,23)24)16-11-13(25-2)9-10-17(16)26-3/h5-12H,1-4H3,(H,20,22)/t12-/m1/s1. The number of para-hydroxylation sites is 1.